The molecule has 248 valence electrons. The molecule has 45 heavy (non-hydrogen) atoms. The van der Waals surface area contributed by atoms with Gasteiger partial charge in [0.25, 0.3) is 5.92 Å². The van der Waals surface area contributed by atoms with Gasteiger partial charge in [-0.15, -0.1) is 0 Å². The molecule has 4 saturated carbocycles. The highest BCUT2D eigenvalue weighted by atomic mass is 19.3. The van der Waals surface area contributed by atoms with Gasteiger partial charge in [0, 0.05) is 17.9 Å². The first-order chi connectivity index (χ1) is 21.3. The first-order valence-corrected chi connectivity index (χ1v) is 17.1. The number of hydrogen-bond acceptors (Lipinski definition) is 5. The maximum Gasteiger partial charge on any atom is 0.251 e. The van der Waals surface area contributed by atoms with Crippen molar-refractivity contribution in [1.82, 2.24) is 4.98 Å². The van der Waals surface area contributed by atoms with E-state index in [9.17, 15) is 19.7 Å². The molecular formula is C37H50F3NO4. The predicted molar refractivity (Wildman–Crippen MR) is 166 cm³/mol. The summed E-state index contributed by atoms with van der Waals surface area (Å²) in [5.41, 5.74) is 0.853. The summed E-state index contributed by atoms with van der Waals surface area (Å²) in [5, 5.41) is 32.2. The van der Waals surface area contributed by atoms with E-state index >= 15 is 8.78 Å². The first kappa shape index (κ1) is 32.8. The van der Waals surface area contributed by atoms with Crippen LogP contribution in [0.3, 0.4) is 0 Å². The molecule has 0 saturated heterocycles. The van der Waals surface area contributed by atoms with Crippen LogP contribution in [-0.2, 0) is 6.61 Å². The van der Waals surface area contributed by atoms with Gasteiger partial charge in [0.15, 0.2) is 0 Å². The lowest BCUT2D eigenvalue weighted by Crippen LogP contribution is -2.64. The van der Waals surface area contributed by atoms with Gasteiger partial charge < -0.3 is 20.1 Å². The summed E-state index contributed by atoms with van der Waals surface area (Å²) >= 11 is 0. The predicted octanol–water partition coefficient (Wildman–Crippen LogP) is 7.88. The van der Waals surface area contributed by atoms with Gasteiger partial charge in [0.1, 0.15) is 6.61 Å². The molecule has 1 aromatic heterocycles. The Morgan fingerprint density at radius 1 is 0.911 bits per heavy atom. The molecule has 1 aromatic carbocycles. The van der Waals surface area contributed by atoms with E-state index in [2.05, 4.69) is 25.8 Å². The van der Waals surface area contributed by atoms with Crippen LogP contribution in [0.15, 0.2) is 42.5 Å². The van der Waals surface area contributed by atoms with Crippen molar-refractivity contribution in [2.75, 3.05) is 0 Å². The molecule has 0 spiro atoms. The lowest BCUT2D eigenvalue weighted by Gasteiger charge is -2.63. The number of halogens is 3. The van der Waals surface area contributed by atoms with Crippen LogP contribution in [0.1, 0.15) is 102 Å². The van der Waals surface area contributed by atoms with Crippen LogP contribution in [0, 0.1) is 52.3 Å². The Hall–Kier alpha value is -2.16. The zero-order chi connectivity index (χ0) is 32.1. The Morgan fingerprint density at radius 3 is 2.38 bits per heavy atom. The quantitative estimate of drug-likeness (QED) is 0.246. The number of benzene rings is 1. The van der Waals surface area contributed by atoms with E-state index in [0.29, 0.717) is 36.7 Å². The zero-order valence-electron chi connectivity index (χ0n) is 26.8. The molecule has 0 radical (unpaired) electrons. The highest BCUT2D eigenvalue weighted by molar-refractivity contribution is 5.29. The van der Waals surface area contributed by atoms with Gasteiger partial charge in [-0.2, -0.15) is 9.37 Å². The normalized spacial score (nSPS) is 38.5. The van der Waals surface area contributed by atoms with E-state index in [4.69, 9.17) is 4.74 Å². The maximum atomic E-state index is 16.1. The molecule has 11 atom stereocenters. The van der Waals surface area contributed by atoms with Gasteiger partial charge in [0.05, 0.1) is 18.3 Å². The highest BCUT2D eigenvalue weighted by Gasteiger charge is 2.69. The minimum atomic E-state index is -2.86. The number of pyridine rings is 1. The fourth-order valence-corrected chi connectivity index (χ4v) is 10.7. The molecule has 1 heterocycles. The van der Waals surface area contributed by atoms with E-state index in [1.165, 1.54) is 6.07 Å². The third-order valence-corrected chi connectivity index (χ3v) is 13.1. The van der Waals surface area contributed by atoms with Gasteiger partial charge in [-0.05, 0) is 103 Å². The molecule has 0 bridgehead atoms. The van der Waals surface area contributed by atoms with Gasteiger partial charge in [-0.1, -0.05) is 63.9 Å². The molecule has 5 nitrogen and oxygen atoms in total. The number of aliphatic hydroxyl groups is 3. The van der Waals surface area contributed by atoms with Crippen LogP contribution in [0.25, 0.3) is 0 Å². The molecule has 2 aromatic rings. The third-order valence-electron chi connectivity index (χ3n) is 13.1. The van der Waals surface area contributed by atoms with Crippen LogP contribution in [-0.4, -0.2) is 38.4 Å². The maximum absolute atomic E-state index is 16.1. The van der Waals surface area contributed by atoms with Crippen molar-refractivity contribution >= 4 is 0 Å². The fraction of sp³-hybridized carbons (Fsp3) is 0.703. The molecule has 6 rings (SSSR count). The molecule has 4 aliphatic carbocycles. The van der Waals surface area contributed by atoms with E-state index in [0.717, 1.165) is 44.1 Å². The summed E-state index contributed by atoms with van der Waals surface area (Å²) in [7, 11) is 0. The number of nitrogens with zero attached hydrogens (tertiary/aromatic N) is 1. The summed E-state index contributed by atoms with van der Waals surface area (Å²) in [6.45, 7) is 6.82. The summed E-state index contributed by atoms with van der Waals surface area (Å²) in [6.07, 6.45) is 3.50. The van der Waals surface area contributed by atoms with E-state index in [-0.39, 0.29) is 41.6 Å². The number of hydrogen-bond donors (Lipinski definition) is 3. The average Bonchev–Trinajstić information content (AvgIpc) is 3.37. The van der Waals surface area contributed by atoms with Gasteiger partial charge in [0.2, 0.25) is 11.8 Å². The number of ether oxygens (including phenoxy) is 1. The van der Waals surface area contributed by atoms with Gasteiger partial charge >= 0.3 is 0 Å². The summed E-state index contributed by atoms with van der Waals surface area (Å²) in [5.74, 6) is -4.21. The van der Waals surface area contributed by atoms with Gasteiger partial charge in [-0.3, -0.25) is 0 Å². The molecule has 8 heteroatoms. The average molecular weight is 630 g/mol. The number of alkyl halides is 2. The topological polar surface area (TPSA) is 82.8 Å². The highest BCUT2D eigenvalue weighted by Crippen LogP contribution is 2.71. The molecule has 4 fully saturated rings. The van der Waals surface area contributed by atoms with E-state index in [1.807, 2.05) is 30.3 Å². The van der Waals surface area contributed by atoms with Crippen molar-refractivity contribution in [2.24, 2.45) is 46.3 Å². The zero-order valence-corrected chi connectivity index (χ0v) is 26.8. The molecule has 0 amide bonds. The van der Waals surface area contributed by atoms with Gasteiger partial charge in [-0.25, -0.2) is 8.78 Å². The monoisotopic (exact) mass is 629 g/mol. The largest absolute Gasteiger partial charge is 0.472 e. The minimum absolute atomic E-state index is 0.0549. The van der Waals surface area contributed by atoms with Crippen molar-refractivity contribution in [2.45, 2.75) is 116 Å². The minimum Gasteiger partial charge on any atom is -0.472 e. The van der Waals surface area contributed by atoms with Crippen LogP contribution in [0.5, 0.6) is 5.88 Å². The summed E-state index contributed by atoms with van der Waals surface area (Å²) in [4.78, 5) is 3.92. The van der Waals surface area contributed by atoms with Crippen LogP contribution < -0.4 is 4.74 Å². The summed E-state index contributed by atoms with van der Waals surface area (Å²) < 4.78 is 52.0. The number of aromatic nitrogens is 1. The van der Waals surface area contributed by atoms with Crippen LogP contribution in [0.2, 0.25) is 0 Å². The number of aliphatic hydroxyl groups excluding tert-OH is 3. The Balaban J connectivity index is 1.09. The second-order valence-electron chi connectivity index (χ2n) is 15.4. The standard InChI is InChI=1S/C37H50F3NO4/c1-22(8-7-11-29(42)24-12-15-31(38)41-34(24)45-21-23-9-5-4-6-10-23)25-13-14-26-32-27(16-18-35(25,26)2)36(3)19-17-30(43)33(44)28(36)20-37(32,39)40/h4-6,9-10,12,15,22,25-30,32-33,42-44H,7-8,11,13-14,16-21H2,1-3H3/t22-,25-,26+,27+,28+,29?,30+,32+,33-,35-,36-/m1/s1. The van der Waals surface area contributed by atoms with Crippen molar-refractivity contribution in [1.29, 1.82) is 0 Å². The number of rotatable bonds is 9. The molecular weight excluding hydrogens is 579 g/mol. The van der Waals surface area contributed by atoms with Crippen LogP contribution in [0.4, 0.5) is 13.2 Å². The second-order valence-corrected chi connectivity index (χ2v) is 15.4. The Kier molecular flexibility index (Phi) is 9.07. The SMILES string of the molecule is C[C@H](CCCC(O)c1ccc(F)nc1OCc1ccccc1)[C@H]1CC[C@H]2[C@H]3[C@H](CC[C@]12C)[C@@]1(C)CC[C@H](O)[C@H](O)[C@@H]1CC3(F)F. The van der Waals surface area contributed by atoms with Crippen molar-refractivity contribution in [3.05, 3.63) is 59.5 Å². The number of fused-ring (bicyclic) bond motifs is 5. The molecule has 4 aliphatic rings. The van der Waals surface area contributed by atoms with E-state index < -0.39 is 42.0 Å². The summed E-state index contributed by atoms with van der Waals surface area (Å²) in [6, 6.07) is 12.3. The third kappa shape index (κ3) is 5.93. The first-order valence-electron chi connectivity index (χ1n) is 17.1. The lowest BCUT2D eigenvalue weighted by molar-refractivity contribution is -0.258. The van der Waals surface area contributed by atoms with Crippen molar-refractivity contribution in [3.8, 4) is 5.88 Å². The van der Waals surface area contributed by atoms with Crippen LogP contribution >= 0.6 is 0 Å². The molecule has 1 unspecified atom stereocenters. The second kappa shape index (κ2) is 12.5. The van der Waals surface area contributed by atoms with E-state index in [1.54, 1.807) is 6.07 Å². The fourth-order valence-electron chi connectivity index (χ4n) is 10.7. The molecule has 3 N–H and O–H groups in total. The van der Waals surface area contributed by atoms with Crippen molar-refractivity contribution < 1.29 is 33.2 Å². The molecule has 0 aliphatic heterocycles. The Labute approximate surface area is 265 Å². The Morgan fingerprint density at radius 2 is 1.62 bits per heavy atom. The smallest absolute Gasteiger partial charge is 0.251 e. The lowest BCUT2D eigenvalue weighted by atomic mass is 9.43. The van der Waals surface area contributed by atoms with Crippen molar-refractivity contribution in [3.63, 3.8) is 0 Å². The Bertz CT molecular complexity index is 1330.